The number of nitrogens with zero attached hydrogens (tertiary/aromatic N) is 1. The number of halogens is 1. The quantitative estimate of drug-likeness (QED) is 0.828. The van der Waals surface area contributed by atoms with E-state index in [4.69, 9.17) is 10.5 Å². The lowest BCUT2D eigenvalue weighted by Crippen LogP contribution is -2.13. The average molecular weight is 235 g/mol. The number of hydrogen-bond acceptors (Lipinski definition) is 4. The third-order valence-electron chi connectivity index (χ3n) is 2.20. The van der Waals surface area contributed by atoms with E-state index < -0.39 is 5.56 Å². The van der Waals surface area contributed by atoms with Crippen molar-refractivity contribution in [3.63, 3.8) is 0 Å². The van der Waals surface area contributed by atoms with Crippen LogP contribution in [0.2, 0.25) is 0 Å². The fraction of sp³-hybridized carbons (Fsp3) is 0.0909. The van der Waals surface area contributed by atoms with Crippen molar-refractivity contribution < 1.29 is 9.13 Å². The van der Waals surface area contributed by atoms with Gasteiger partial charge in [0.25, 0.3) is 5.56 Å². The van der Waals surface area contributed by atoms with E-state index in [-0.39, 0.29) is 17.4 Å². The molecule has 1 heterocycles. The van der Waals surface area contributed by atoms with Gasteiger partial charge in [0.05, 0.1) is 6.33 Å². The molecule has 17 heavy (non-hydrogen) atoms. The van der Waals surface area contributed by atoms with Crippen molar-refractivity contribution >= 4 is 5.69 Å². The average Bonchev–Trinajstić information content (AvgIpc) is 2.28. The Labute approximate surface area is 96.1 Å². The Morgan fingerprint density at radius 1 is 1.47 bits per heavy atom. The van der Waals surface area contributed by atoms with Crippen molar-refractivity contribution in [3.8, 4) is 11.6 Å². The number of rotatable bonds is 2. The summed E-state index contributed by atoms with van der Waals surface area (Å²) in [5, 5.41) is 0. The molecule has 6 heteroatoms. The van der Waals surface area contributed by atoms with Crippen LogP contribution in [0.3, 0.4) is 0 Å². The molecule has 1 aromatic carbocycles. The van der Waals surface area contributed by atoms with Crippen molar-refractivity contribution in [1.29, 1.82) is 0 Å². The van der Waals surface area contributed by atoms with Gasteiger partial charge in [-0.05, 0) is 30.7 Å². The number of benzene rings is 1. The third kappa shape index (κ3) is 2.25. The molecule has 0 aliphatic heterocycles. The van der Waals surface area contributed by atoms with Gasteiger partial charge in [-0.15, -0.1) is 0 Å². The van der Waals surface area contributed by atoms with Crippen LogP contribution in [0, 0.1) is 12.7 Å². The highest BCUT2D eigenvalue weighted by atomic mass is 19.1. The van der Waals surface area contributed by atoms with Gasteiger partial charge in [0.2, 0.25) is 5.88 Å². The molecule has 0 unspecified atom stereocenters. The maximum absolute atomic E-state index is 12.9. The molecule has 0 amide bonds. The summed E-state index contributed by atoms with van der Waals surface area (Å²) in [4.78, 5) is 17.3. The molecule has 0 fully saturated rings. The highest BCUT2D eigenvalue weighted by Crippen LogP contribution is 2.25. The number of H-pyrrole nitrogens is 1. The maximum atomic E-state index is 12.9. The zero-order valence-corrected chi connectivity index (χ0v) is 9.03. The number of anilines is 1. The first-order chi connectivity index (χ1) is 8.08. The van der Waals surface area contributed by atoms with Gasteiger partial charge < -0.3 is 15.5 Å². The molecule has 0 radical (unpaired) electrons. The number of nitrogens with one attached hydrogen (secondary N) is 1. The van der Waals surface area contributed by atoms with Gasteiger partial charge in [0.15, 0.2) is 5.69 Å². The van der Waals surface area contributed by atoms with Gasteiger partial charge in [0, 0.05) is 0 Å². The standard InChI is InChI=1S/C11H10FN3O2/c1-6-4-7(12)2-3-8(6)17-11-9(13)10(16)14-5-15-11/h2-5H,13H2,1H3,(H,14,15,16). The molecule has 0 bridgehead atoms. The maximum Gasteiger partial charge on any atom is 0.277 e. The lowest BCUT2D eigenvalue weighted by Gasteiger charge is -2.08. The van der Waals surface area contributed by atoms with Gasteiger partial charge >= 0.3 is 0 Å². The van der Waals surface area contributed by atoms with E-state index in [0.717, 1.165) is 0 Å². The summed E-state index contributed by atoms with van der Waals surface area (Å²) in [6.45, 7) is 1.68. The minimum atomic E-state index is -0.477. The van der Waals surface area contributed by atoms with Crippen LogP contribution in [0.4, 0.5) is 10.1 Å². The number of aryl methyl sites for hydroxylation is 1. The number of aromatic nitrogens is 2. The van der Waals surface area contributed by atoms with Gasteiger partial charge in [-0.3, -0.25) is 4.79 Å². The highest BCUT2D eigenvalue weighted by Gasteiger charge is 2.09. The molecule has 0 aliphatic rings. The van der Waals surface area contributed by atoms with Crippen LogP contribution in [0.15, 0.2) is 29.3 Å². The summed E-state index contributed by atoms with van der Waals surface area (Å²) in [7, 11) is 0. The topological polar surface area (TPSA) is 81.0 Å². The number of hydrogen-bond donors (Lipinski definition) is 2. The zero-order valence-electron chi connectivity index (χ0n) is 9.03. The van der Waals surface area contributed by atoms with E-state index in [1.807, 2.05) is 0 Å². The molecule has 3 N–H and O–H groups in total. The molecule has 88 valence electrons. The molecule has 0 aliphatic carbocycles. The van der Waals surface area contributed by atoms with E-state index >= 15 is 0 Å². The summed E-state index contributed by atoms with van der Waals surface area (Å²) >= 11 is 0. The summed E-state index contributed by atoms with van der Waals surface area (Å²) in [6, 6.07) is 4.03. The summed E-state index contributed by atoms with van der Waals surface area (Å²) in [5.74, 6) is 0.0429. The molecule has 5 nitrogen and oxygen atoms in total. The van der Waals surface area contributed by atoms with E-state index in [1.165, 1.54) is 24.5 Å². The highest BCUT2D eigenvalue weighted by molar-refractivity contribution is 5.48. The Kier molecular flexibility index (Phi) is 2.78. The summed E-state index contributed by atoms with van der Waals surface area (Å²) < 4.78 is 18.2. The largest absolute Gasteiger partial charge is 0.437 e. The van der Waals surface area contributed by atoms with Crippen LogP contribution in [0.25, 0.3) is 0 Å². The second-order valence-electron chi connectivity index (χ2n) is 3.46. The Morgan fingerprint density at radius 2 is 2.24 bits per heavy atom. The fourth-order valence-electron chi connectivity index (χ4n) is 1.31. The second-order valence-corrected chi connectivity index (χ2v) is 3.46. The minimum Gasteiger partial charge on any atom is -0.437 e. The Bertz CT molecular complexity index is 610. The predicted molar refractivity (Wildman–Crippen MR) is 60.5 cm³/mol. The smallest absolute Gasteiger partial charge is 0.277 e. The molecule has 0 saturated heterocycles. The Balaban J connectivity index is 2.38. The van der Waals surface area contributed by atoms with Crippen molar-refractivity contribution in [2.24, 2.45) is 0 Å². The third-order valence-corrected chi connectivity index (χ3v) is 2.20. The van der Waals surface area contributed by atoms with Gasteiger partial charge in [-0.1, -0.05) is 0 Å². The van der Waals surface area contributed by atoms with E-state index in [0.29, 0.717) is 11.3 Å². The predicted octanol–water partition coefficient (Wildman–Crippen LogP) is 1.59. The zero-order chi connectivity index (χ0) is 12.4. The van der Waals surface area contributed by atoms with Gasteiger partial charge in [-0.2, -0.15) is 0 Å². The van der Waals surface area contributed by atoms with Crippen molar-refractivity contribution in [2.75, 3.05) is 5.73 Å². The van der Waals surface area contributed by atoms with Crippen LogP contribution in [0.1, 0.15) is 5.56 Å². The van der Waals surface area contributed by atoms with Crippen LogP contribution in [-0.4, -0.2) is 9.97 Å². The van der Waals surface area contributed by atoms with Crippen LogP contribution in [-0.2, 0) is 0 Å². The summed E-state index contributed by atoms with van der Waals surface area (Å²) in [6.07, 6.45) is 1.19. The number of nitrogens with two attached hydrogens (primary N) is 1. The summed E-state index contributed by atoms with van der Waals surface area (Å²) in [5.41, 5.74) is 5.50. The number of ether oxygens (including phenoxy) is 1. The lowest BCUT2D eigenvalue weighted by atomic mass is 10.2. The second kappa shape index (κ2) is 4.25. The van der Waals surface area contributed by atoms with Crippen molar-refractivity contribution in [2.45, 2.75) is 6.92 Å². The SMILES string of the molecule is Cc1cc(F)ccc1Oc1nc[nH]c(=O)c1N. The van der Waals surface area contributed by atoms with Crippen LogP contribution in [0.5, 0.6) is 11.6 Å². The van der Waals surface area contributed by atoms with Crippen LogP contribution < -0.4 is 16.0 Å². The molecule has 2 rings (SSSR count). The van der Waals surface area contributed by atoms with Gasteiger partial charge in [0.1, 0.15) is 11.6 Å². The normalized spacial score (nSPS) is 10.2. The fourth-order valence-corrected chi connectivity index (χ4v) is 1.31. The molecular weight excluding hydrogens is 225 g/mol. The van der Waals surface area contributed by atoms with Crippen molar-refractivity contribution in [3.05, 3.63) is 46.3 Å². The molecule has 2 aromatic rings. The van der Waals surface area contributed by atoms with Crippen molar-refractivity contribution in [1.82, 2.24) is 9.97 Å². The van der Waals surface area contributed by atoms with Gasteiger partial charge in [-0.25, -0.2) is 9.37 Å². The Hall–Kier alpha value is -2.37. The minimum absolute atomic E-state index is 0.00320. The number of aromatic amines is 1. The first kappa shape index (κ1) is 11.1. The van der Waals surface area contributed by atoms with E-state index in [2.05, 4.69) is 9.97 Å². The van der Waals surface area contributed by atoms with E-state index in [1.54, 1.807) is 6.92 Å². The molecule has 0 spiro atoms. The molecular formula is C11H10FN3O2. The first-order valence-electron chi connectivity index (χ1n) is 4.85. The van der Waals surface area contributed by atoms with Crippen LogP contribution >= 0.6 is 0 Å². The molecule has 0 atom stereocenters. The molecule has 1 aromatic heterocycles. The lowest BCUT2D eigenvalue weighted by molar-refractivity contribution is 0.458. The number of nitrogen functional groups attached to an aromatic ring is 1. The monoisotopic (exact) mass is 235 g/mol. The van der Waals surface area contributed by atoms with E-state index in [9.17, 15) is 9.18 Å². The molecule has 0 saturated carbocycles. The first-order valence-corrected chi connectivity index (χ1v) is 4.85. The Morgan fingerprint density at radius 3 is 2.94 bits per heavy atom.